The molecule has 140 valence electrons. The predicted molar refractivity (Wildman–Crippen MR) is 104 cm³/mol. The van der Waals surface area contributed by atoms with Gasteiger partial charge in [0.2, 0.25) is 0 Å². The molecule has 0 fully saturated rings. The molecular weight excluding hydrogens is 359 g/mol. The highest BCUT2D eigenvalue weighted by molar-refractivity contribution is 6.07. The van der Waals surface area contributed by atoms with Gasteiger partial charge in [-0.05, 0) is 66.7 Å². The van der Waals surface area contributed by atoms with Crippen LogP contribution < -0.4 is 9.47 Å². The van der Waals surface area contributed by atoms with Crippen molar-refractivity contribution in [3.63, 3.8) is 0 Å². The molecule has 3 rings (SSSR count). The largest absolute Gasteiger partial charge is 0.497 e. The molecule has 0 saturated heterocycles. The van der Waals surface area contributed by atoms with Gasteiger partial charge in [-0.2, -0.15) is 0 Å². The number of carbonyl (C=O) groups is 2. The van der Waals surface area contributed by atoms with E-state index in [2.05, 4.69) is 0 Å². The molecule has 3 aromatic rings. The second-order valence-electron chi connectivity index (χ2n) is 5.86. The Morgan fingerprint density at radius 2 is 1.50 bits per heavy atom. The molecule has 0 aromatic heterocycles. The SMILES string of the molecule is COc1ccc(C(=O)/C=C/c2ccccc2OC(=O)c2ccc(F)cc2)cc1. The average Bonchev–Trinajstić information content (AvgIpc) is 2.73. The molecule has 3 aromatic carbocycles. The fourth-order valence-electron chi connectivity index (χ4n) is 2.47. The minimum atomic E-state index is -0.609. The molecule has 0 unspecified atom stereocenters. The first-order valence-electron chi connectivity index (χ1n) is 8.50. The first-order chi connectivity index (χ1) is 13.6. The van der Waals surface area contributed by atoms with Crippen molar-refractivity contribution in [2.24, 2.45) is 0 Å². The minimum absolute atomic E-state index is 0.192. The molecule has 5 heteroatoms. The number of rotatable bonds is 6. The van der Waals surface area contributed by atoms with Gasteiger partial charge in [0.05, 0.1) is 12.7 Å². The summed E-state index contributed by atoms with van der Waals surface area (Å²) < 4.78 is 23.5. The van der Waals surface area contributed by atoms with Gasteiger partial charge in [0.25, 0.3) is 0 Å². The number of hydrogen-bond acceptors (Lipinski definition) is 4. The van der Waals surface area contributed by atoms with Crippen molar-refractivity contribution in [2.75, 3.05) is 7.11 Å². The minimum Gasteiger partial charge on any atom is -0.497 e. The van der Waals surface area contributed by atoms with Gasteiger partial charge in [-0.1, -0.05) is 18.2 Å². The smallest absolute Gasteiger partial charge is 0.343 e. The van der Waals surface area contributed by atoms with E-state index in [9.17, 15) is 14.0 Å². The highest BCUT2D eigenvalue weighted by atomic mass is 19.1. The molecule has 0 saturated carbocycles. The third-order valence-electron chi connectivity index (χ3n) is 3.99. The normalized spacial score (nSPS) is 10.6. The van der Waals surface area contributed by atoms with Gasteiger partial charge in [0, 0.05) is 11.1 Å². The van der Waals surface area contributed by atoms with E-state index in [-0.39, 0.29) is 11.3 Å². The summed E-state index contributed by atoms with van der Waals surface area (Å²) in [5, 5.41) is 0. The number of allylic oxidation sites excluding steroid dienone is 1. The second kappa shape index (κ2) is 8.77. The van der Waals surface area contributed by atoms with Crippen molar-refractivity contribution < 1.29 is 23.5 Å². The Hall–Kier alpha value is -3.73. The number of methoxy groups -OCH3 is 1. The van der Waals surface area contributed by atoms with Crippen molar-refractivity contribution in [2.45, 2.75) is 0 Å². The Morgan fingerprint density at radius 3 is 2.18 bits per heavy atom. The zero-order valence-corrected chi connectivity index (χ0v) is 15.1. The molecule has 0 radical (unpaired) electrons. The predicted octanol–water partition coefficient (Wildman–Crippen LogP) is 4.95. The number of ether oxygens (including phenoxy) is 2. The maximum atomic E-state index is 13.0. The fourth-order valence-corrected chi connectivity index (χ4v) is 2.47. The number of hydrogen-bond donors (Lipinski definition) is 0. The van der Waals surface area contributed by atoms with Crippen molar-refractivity contribution in [3.05, 3.63) is 101 Å². The summed E-state index contributed by atoms with van der Waals surface area (Å²) in [6.45, 7) is 0. The van der Waals surface area contributed by atoms with E-state index in [0.29, 0.717) is 22.6 Å². The lowest BCUT2D eigenvalue weighted by Crippen LogP contribution is -2.09. The van der Waals surface area contributed by atoms with Gasteiger partial charge < -0.3 is 9.47 Å². The fraction of sp³-hybridized carbons (Fsp3) is 0.0435. The van der Waals surface area contributed by atoms with Crippen molar-refractivity contribution in [3.8, 4) is 11.5 Å². The standard InChI is InChI=1S/C23H17FO4/c1-27-20-13-8-16(9-14-20)21(25)15-10-17-4-2-3-5-22(17)28-23(26)18-6-11-19(24)12-7-18/h2-15H,1H3/b15-10+. The molecular formula is C23H17FO4. The first kappa shape index (κ1) is 19.0. The zero-order chi connectivity index (χ0) is 19.9. The lowest BCUT2D eigenvalue weighted by molar-refractivity contribution is 0.0734. The van der Waals surface area contributed by atoms with Gasteiger partial charge >= 0.3 is 5.97 Å². The highest BCUT2D eigenvalue weighted by Crippen LogP contribution is 2.21. The molecule has 0 aliphatic rings. The maximum absolute atomic E-state index is 13.0. The zero-order valence-electron chi connectivity index (χ0n) is 15.1. The molecule has 0 spiro atoms. The lowest BCUT2D eigenvalue weighted by atomic mass is 10.1. The number of ketones is 1. The summed E-state index contributed by atoms with van der Waals surface area (Å²) in [5.74, 6) is -0.268. The number of para-hydroxylation sites is 1. The van der Waals surface area contributed by atoms with Crippen LogP contribution in [0.4, 0.5) is 4.39 Å². The monoisotopic (exact) mass is 376 g/mol. The molecule has 4 nitrogen and oxygen atoms in total. The molecule has 0 aliphatic heterocycles. The van der Waals surface area contributed by atoms with Crippen LogP contribution in [-0.2, 0) is 0 Å². The van der Waals surface area contributed by atoms with Crippen LogP contribution in [0.5, 0.6) is 11.5 Å². The van der Waals surface area contributed by atoms with Gasteiger partial charge in [-0.15, -0.1) is 0 Å². The molecule has 0 heterocycles. The highest BCUT2D eigenvalue weighted by Gasteiger charge is 2.11. The Labute approximate surface area is 161 Å². The number of esters is 1. The van der Waals surface area contributed by atoms with E-state index in [1.807, 2.05) is 0 Å². The van der Waals surface area contributed by atoms with Crippen LogP contribution >= 0.6 is 0 Å². The molecule has 0 N–H and O–H groups in total. The average molecular weight is 376 g/mol. The van der Waals surface area contributed by atoms with Crippen LogP contribution in [0.2, 0.25) is 0 Å². The Bertz CT molecular complexity index is 1010. The summed E-state index contributed by atoms with van der Waals surface area (Å²) in [6.07, 6.45) is 2.99. The van der Waals surface area contributed by atoms with E-state index < -0.39 is 11.8 Å². The Kier molecular flexibility index (Phi) is 5.97. The van der Waals surface area contributed by atoms with Gasteiger partial charge in [0.1, 0.15) is 17.3 Å². The molecule has 28 heavy (non-hydrogen) atoms. The topological polar surface area (TPSA) is 52.6 Å². The van der Waals surface area contributed by atoms with Crippen molar-refractivity contribution >= 4 is 17.8 Å². The van der Waals surface area contributed by atoms with E-state index >= 15 is 0 Å². The summed E-state index contributed by atoms with van der Waals surface area (Å²) >= 11 is 0. The van der Waals surface area contributed by atoms with Gasteiger partial charge in [-0.3, -0.25) is 4.79 Å². The number of benzene rings is 3. The summed E-state index contributed by atoms with van der Waals surface area (Å²) in [4.78, 5) is 24.6. The molecule has 0 amide bonds. The van der Waals surface area contributed by atoms with Gasteiger partial charge in [0.15, 0.2) is 5.78 Å². The van der Waals surface area contributed by atoms with Crippen LogP contribution in [0.15, 0.2) is 78.9 Å². The van der Waals surface area contributed by atoms with Crippen LogP contribution in [0.3, 0.4) is 0 Å². The molecule has 0 aliphatic carbocycles. The Balaban J connectivity index is 1.75. The van der Waals surface area contributed by atoms with E-state index in [1.54, 1.807) is 61.7 Å². The molecule has 0 atom stereocenters. The third-order valence-corrected chi connectivity index (χ3v) is 3.99. The third kappa shape index (κ3) is 4.71. The van der Waals surface area contributed by atoms with Crippen LogP contribution in [-0.4, -0.2) is 18.9 Å². The quantitative estimate of drug-likeness (QED) is 0.264. The van der Waals surface area contributed by atoms with E-state index in [0.717, 1.165) is 0 Å². The van der Waals surface area contributed by atoms with Gasteiger partial charge in [-0.25, -0.2) is 9.18 Å². The van der Waals surface area contributed by atoms with Crippen LogP contribution in [0.1, 0.15) is 26.3 Å². The van der Waals surface area contributed by atoms with Crippen molar-refractivity contribution in [1.29, 1.82) is 0 Å². The van der Waals surface area contributed by atoms with Crippen LogP contribution in [0, 0.1) is 5.82 Å². The van der Waals surface area contributed by atoms with E-state index in [4.69, 9.17) is 9.47 Å². The van der Waals surface area contributed by atoms with Crippen LogP contribution in [0.25, 0.3) is 6.08 Å². The summed E-state index contributed by atoms with van der Waals surface area (Å²) in [6, 6.07) is 18.7. The summed E-state index contributed by atoms with van der Waals surface area (Å²) in [5.41, 5.74) is 1.31. The lowest BCUT2D eigenvalue weighted by Gasteiger charge is -2.07. The number of halogens is 1. The molecule has 0 bridgehead atoms. The van der Waals surface area contributed by atoms with E-state index in [1.165, 1.54) is 30.3 Å². The Morgan fingerprint density at radius 1 is 0.857 bits per heavy atom. The summed E-state index contributed by atoms with van der Waals surface area (Å²) in [7, 11) is 1.56. The maximum Gasteiger partial charge on any atom is 0.343 e. The first-order valence-corrected chi connectivity index (χ1v) is 8.50. The number of carbonyl (C=O) groups excluding carboxylic acids is 2. The van der Waals surface area contributed by atoms with Crippen molar-refractivity contribution in [1.82, 2.24) is 0 Å². The second-order valence-corrected chi connectivity index (χ2v) is 5.86.